The first-order valence-corrected chi connectivity index (χ1v) is 8.52. The third-order valence-electron chi connectivity index (χ3n) is 4.36. The Hall–Kier alpha value is -2.04. The lowest BCUT2D eigenvalue weighted by atomic mass is 10.0. The second-order valence-electron chi connectivity index (χ2n) is 6.35. The molecule has 0 amide bonds. The Bertz CT molecular complexity index is 659. The van der Waals surface area contributed by atoms with Crippen LogP contribution in [0.3, 0.4) is 0 Å². The summed E-state index contributed by atoms with van der Waals surface area (Å²) in [7, 11) is 0. The minimum atomic E-state index is -0.457. The van der Waals surface area contributed by atoms with E-state index in [-0.39, 0.29) is 12.1 Å². The summed E-state index contributed by atoms with van der Waals surface area (Å²) in [5, 5.41) is 13.9. The van der Waals surface area contributed by atoms with Crippen molar-refractivity contribution in [2.24, 2.45) is 0 Å². The van der Waals surface area contributed by atoms with Gasteiger partial charge in [0.25, 0.3) is 0 Å². The largest absolute Gasteiger partial charge is 0.486 e. The molecule has 1 aliphatic rings. The van der Waals surface area contributed by atoms with Gasteiger partial charge in [0.15, 0.2) is 11.5 Å². The fourth-order valence-electron chi connectivity index (χ4n) is 3.07. The highest BCUT2D eigenvalue weighted by Gasteiger charge is 2.17. The predicted octanol–water partition coefficient (Wildman–Crippen LogP) is 3.62. The van der Waals surface area contributed by atoms with E-state index in [1.165, 1.54) is 0 Å². The fourth-order valence-corrected chi connectivity index (χ4v) is 3.07. The second kappa shape index (κ2) is 7.69. The molecule has 4 heteroatoms. The zero-order chi connectivity index (χ0) is 16.9. The van der Waals surface area contributed by atoms with Gasteiger partial charge in [-0.2, -0.15) is 0 Å². The summed E-state index contributed by atoms with van der Waals surface area (Å²) in [5.41, 5.74) is 2.11. The molecule has 128 valence electrons. The molecule has 3 atom stereocenters. The molecular weight excluding hydrogens is 302 g/mol. The van der Waals surface area contributed by atoms with Gasteiger partial charge in [-0.15, -0.1) is 0 Å². The zero-order valence-electron chi connectivity index (χ0n) is 14.2. The number of benzene rings is 2. The lowest BCUT2D eigenvalue weighted by Gasteiger charge is -2.24. The fraction of sp³-hybridized carbons (Fsp3) is 0.400. The number of aliphatic hydroxyl groups is 1. The molecule has 2 N–H and O–H groups in total. The van der Waals surface area contributed by atoms with Gasteiger partial charge in [0.05, 0.1) is 6.10 Å². The van der Waals surface area contributed by atoms with Crippen LogP contribution in [0.2, 0.25) is 0 Å². The first-order chi connectivity index (χ1) is 11.6. The van der Waals surface area contributed by atoms with Crippen LogP contribution in [0, 0.1) is 0 Å². The molecule has 24 heavy (non-hydrogen) atoms. The van der Waals surface area contributed by atoms with Crippen molar-refractivity contribution < 1.29 is 14.6 Å². The van der Waals surface area contributed by atoms with Crippen LogP contribution >= 0.6 is 0 Å². The number of nitrogens with one attached hydrogen (secondary N) is 1. The molecular formula is C20H25NO3. The summed E-state index contributed by atoms with van der Waals surface area (Å²) in [6.45, 7) is 5.42. The number of aliphatic hydroxyl groups excluding tert-OH is 1. The Balaban J connectivity index is 1.59. The highest BCUT2D eigenvalue weighted by atomic mass is 16.6. The Morgan fingerprint density at radius 2 is 1.67 bits per heavy atom. The van der Waals surface area contributed by atoms with E-state index in [1.54, 1.807) is 0 Å². The van der Waals surface area contributed by atoms with Crippen LogP contribution in [-0.4, -0.2) is 24.4 Å². The van der Waals surface area contributed by atoms with E-state index in [1.807, 2.05) is 42.5 Å². The SMILES string of the molecule is CC(CC(O)c1ccccc1)NC(C)c1ccc2c(c1)OCCO2. The lowest BCUT2D eigenvalue weighted by Crippen LogP contribution is -2.30. The summed E-state index contributed by atoms with van der Waals surface area (Å²) < 4.78 is 11.2. The predicted molar refractivity (Wildman–Crippen MR) is 94.5 cm³/mol. The molecule has 1 aliphatic heterocycles. The maximum absolute atomic E-state index is 10.4. The Morgan fingerprint density at radius 1 is 0.958 bits per heavy atom. The molecule has 0 aliphatic carbocycles. The van der Waals surface area contributed by atoms with Crippen molar-refractivity contribution in [2.75, 3.05) is 13.2 Å². The minimum absolute atomic E-state index is 0.166. The van der Waals surface area contributed by atoms with Crippen LogP contribution in [0.5, 0.6) is 11.5 Å². The van der Waals surface area contributed by atoms with Crippen molar-refractivity contribution in [1.29, 1.82) is 0 Å². The molecule has 1 heterocycles. The van der Waals surface area contributed by atoms with Gasteiger partial charge in [-0.1, -0.05) is 36.4 Å². The maximum atomic E-state index is 10.4. The summed E-state index contributed by atoms with van der Waals surface area (Å²) in [4.78, 5) is 0. The lowest BCUT2D eigenvalue weighted by molar-refractivity contribution is 0.152. The number of fused-ring (bicyclic) bond motifs is 1. The van der Waals surface area contributed by atoms with Gasteiger partial charge >= 0.3 is 0 Å². The standard InChI is InChI=1S/C20H25NO3/c1-14(12-18(22)16-6-4-3-5-7-16)21-15(2)17-8-9-19-20(13-17)24-11-10-23-19/h3-9,13-15,18,21-22H,10-12H2,1-2H3. The topological polar surface area (TPSA) is 50.7 Å². The summed E-state index contributed by atoms with van der Waals surface area (Å²) in [5.74, 6) is 1.62. The maximum Gasteiger partial charge on any atom is 0.161 e. The molecule has 4 nitrogen and oxygen atoms in total. The quantitative estimate of drug-likeness (QED) is 0.851. The average Bonchev–Trinajstić information content (AvgIpc) is 2.61. The highest BCUT2D eigenvalue weighted by molar-refractivity contribution is 5.44. The van der Waals surface area contributed by atoms with Gasteiger partial charge in [0.1, 0.15) is 13.2 Å². The number of rotatable bonds is 6. The monoisotopic (exact) mass is 327 g/mol. The summed E-state index contributed by atoms with van der Waals surface area (Å²) in [6, 6.07) is 16.2. The molecule has 0 bridgehead atoms. The molecule has 0 saturated heterocycles. The minimum Gasteiger partial charge on any atom is -0.486 e. The van der Waals surface area contributed by atoms with E-state index in [0.717, 1.165) is 22.6 Å². The second-order valence-corrected chi connectivity index (χ2v) is 6.35. The van der Waals surface area contributed by atoms with E-state index in [2.05, 4.69) is 25.2 Å². The van der Waals surface area contributed by atoms with Crippen molar-refractivity contribution in [3.8, 4) is 11.5 Å². The van der Waals surface area contributed by atoms with Gasteiger partial charge in [-0.05, 0) is 43.5 Å². The van der Waals surface area contributed by atoms with Crippen LogP contribution in [0.1, 0.15) is 43.5 Å². The van der Waals surface area contributed by atoms with Crippen molar-refractivity contribution >= 4 is 0 Å². The normalized spacial score (nSPS) is 17.1. The van der Waals surface area contributed by atoms with Crippen LogP contribution in [0.4, 0.5) is 0 Å². The molecule has 2 aromatic rings. The first kappa shape index (κ1) is 16.8. The van der Waals surface area contributed by atoms with E-state index >= 15 is 0 Å². The molecule has 0 radical (unpaired) electrons. The number of hydrogen-bond donors (Lipinski definition) is 2. The van der Waals surface area contributed by atoms with Gasteiger partial charge in [0, 0.05) is 12.1 Å². The van der Waals surface area contributed by atoms with Crippen LogP contribution in [0.25, 0.3) is 0 Å². The van der Waals surface area contributed by atoms with E-state index < -0.39 is 6.10 Å². The molecule has 3 unspecified atom stereocenters. The third kappa shape index (κ3) is 4.08. The Kier molecular flexibility index (Phi) is 5.38. The molecule has 0 aromatic heterocycles. The summed E-state index contributed by atoms with van der Waals surface area (Å²) >= 11 is 0. The molecule has 3 rings (SSSR count). The van der Waals surface area contributed by atoms with E-state index in [9.17, 15) is 5.11 Å². The zero-order valence-corrected chi connectivity index (χ0v) is 14.2. The van der Waals surface area contributed by atoms with Gasteiger partial charge in [-0.25, -0.2) is 0 Å². The van der Waals surface area contributed by atoms with Crippen LogP contribution in [-0.2, 0) is 0 Å². The molecule has 2 aromatic carbocycles. The van der Waals surface area contributed by atoms with Crippen molar-refractivity contribution in [2.45, 2.75) is 38.5 Å². The number of ether oxygens (including phenoxy) is 2. The summed E-state index contributed by atoms with van der Waals surface area (Å²) in [6.07, 6.45) is 0.208. The van der Waals surface area contributed by atoms with Crippen molar-refractivity contribution in [3.05, 3.63) is 59.7 Å². The Morgan fingerprint density at radius 3 is 2.42 bits per heavy atom. The van der Waals surface area contributed by atoms with Crippen LogP contribution in [0.15, 0.2) is 48.5 Å². The van der Waals surface area contributed by atoms with Crippen molar-refractivity contribution in [1.82, 2.24) is 5.32 Å². The van der Waals surface area contributed by atoms with Gasteiger partial charge < -0.3 is 19.9 Å². The van der Waals surface area contributed by atoms with Gasteiger partial charge in [0.2, 0.25) is 0 Å². The smallest absolute Gasteiger partial charge is 0.161 e. The number of hydrogen-bond acceptors (Lipinski definition) is 4. The Labute approximate surface area is 143 Å². The molecule has 0 saturated carbocycles. The molecule has 0 spiro atoms. The molecule has 0 fully saturated rings. The highest BCUT2D eigenvalue weighted by Crippen LogP contribution is 2.32. The van der Waals surface area contributed by atoms with E-state index in [0.29, 0.717) is 19.6 Å². The van der Waals surface area contributed by atoms with Crippen molar-refractivity contribution in [3.63, 3.8) is 0 Å². The van der Waals surface area contributed by atoms with Crippen LogP contribution < -0.4 is 14.8 Å². The first-order valence-electron chi connectivity index (χ1n) is 8.52. The van der Waals surface area contributed by atoms with Gasteiger partial charge in [-0.3, -0.25) is 0 Å². The van der Waals surface area contributed by atoms with E-state index in [4.69, 9.17) is 9.47 Å². The average molecular weight is 327 g/mol. The third-order valence-corrected chi connectivity index (χ3v) is 4.36.